The van der Waals surface area contributed by atoms with E-state index in [0.29, 0.717) is 19.3 Å². The van der Waals surface area contributed by atoms with Gasteiger partial charge in [-0.1, -0.05) is 62.6 Å². The number of ether oxygens (including phenoxy) is 2. The molecule has 0 radical (unpaired) electrons. The van der Waals surface area contributed by atoms with E-state index >= 15 is 0 Å². The first-order chi connectivity index (χ1) is 16.7. The number of nitrogens with one attached hydrogen (secondary N) is 1. The lowest BCUT2D eigenvalue weighted by atomic mass is 9.97. The van der Waals surface area contributed by atoms with E-state index in [2.05, 4.69) is 62.6 Å². The van der Waals surface area contributed by atoms with Crippen LogP contribution < -0.4 is 20.1 Å². The third-order valence-corrected chi connectivity index (χ3v) is 8.65. The Balaban J connectivity index is 0.00000133. The summed E-state index contributed by atoms with van der Waals surface area (Å²) < 4.78 is 12.5. The second-order valence-electron chi connectivity index (χ2n) is 8.58. The number of halogens is 1. The minimum Gasteiger partial charge on any atom is -0.486 e. The van der Waals surface area contributed by atoms with Crippen molar-refractivity contribution in [2.75, 3.05) is 39.1 Å². The fraction of sp³-hybridized carbons (Fsp3) is 0.481. The normalized spacial score (nSPS) is 19.3. The molecule has 1 fully saturated rings. The number of piperidine rings is 1. The summed E-state index contributed by atoms with van der Waals surface area (Å²) in [6.07, 6.45) is 7.74. The largest absolute Gasteiger partial charge is 0.486 e. The molecule has 5 nitrogen and oxygen atoms in total. The van der Waals surface area contributed by atoms with E-state index in [0.717, 1.165) is 63.2 Å². The molecule has 0 aromatic heterocycles. The minimum absolute atomic E-state index is 0.0783. The molecule has 2 unspecified atom stereocenters. The number of hydrogen-bond acceptors (Lipinski definition) is 5. The maximum absolute atomic E-state index is 10.3. The number of nitrogens with zero attached hydrogens (tertiary/aromatic N) is 1. The molecule has 5 rings (SSSR count). The van der Waals surface area contributed by atoms with Crippen LogP contribution in [-0.2, 0) is 6.54 Å². The van der Waals surface area contributed by atoms with Gasteiger partial charge in [0.15, 0.2) is 11.5 Å². The van der Waals surface area contributed by atoms with Gasteiger partial charge in [-0.2, -0.15) is 0 Å². The Morgan fingerprint density at radius 3 is 2.65 bits per heavy atom. The number of likely N-dealkylation sites (tertiary alicyclic amines) is 1. The highest BCUT2D eigenvalue weighted by Gasteiger charge is 2.28. The zero-order valence-corrected chi connectivity index (χ0v) is 22.7. The van der Waals surface area contributed by atoms with E-state index in [4.69, 9.17) is 9.47 Å². The number of aliphatic hydroxyl groups is 1. The molecule has 34 heavy (non-hydrogen) atoms. The van der Waals surface area contributed by atoms with Gasteiger partial charge in [-0.15, -0.1) is 0 Å². The molecular formula is C27H36BrN2O3P. The molecule has 0 amide bonds. The Morgan fingerprint density at radius 2 is 1.88 bits per heavy atom. The summed E-state index contributed by atoms with van der Waals surface area (Å²) in [4.78, 5) is 2.47. The Kier molecular flexibility index (Phi) is 9.44. The van der Waals surface area contributed by atoms with E-state index in [9.17, 15) is 5.11 Å². The highest BCUT2D eigenvalue weighted by molar-refractivity contribution is 9.10. The van der Waals surface area contributed by atoms with Gasteiger partial charge in [0.1, 0.15) is 13.2 Å². The highest BCUT2D eigenvalue weighted by Crippen LogP contribution is 2.34. The van der Waals surface area contributed by atoms with Crippen molar-refractivity contribution < 1.29 is 14.6 Å². The van der Waals surface area contributed by atoms with Gasteiger partial charge in [-0.25, -0.2) is 0 Å². The Morgan fingerprint density at radius 1 is 1.12 bits per heavy atom. The molecule has 2 aromatic rings. The fourth-order valence-electron chi connectivity index (χ4n) is 4.87. The van der Waals surface area contributed by atoms with E-state index in [1.807, 2.05) is 19.9 Å². The van der Waals surface area contributed by atoms with Crippen LogP contribution in [0.5, 0.6) is 11.5 Å². The van der Waals surface area contributed by atoms with Gasteiger partial charge >= 0.3 is 0 Å². The average Bonchev–Trinajstić information content (AvgIpc) is 2.91. The maximum atomic E-state index is 10.3. The monoisotopic (exact) mass is 546 g/mol. The standard InChI is InChI=1S/C25H30BrN2O3P.C2H6/c26-21-5-4-20(25-19(21)2-1-13-32-25)22(16-29)28-9-7-18(8-10-28)27-15-17-3-6-23-24(14-17)31-12-11-30-23;1-2/h1-6,14,18,22,27,29,32H,7-13,15-16H2;1-2H3. The molecule has 3 heterocycles. The Bertz CT molecular complexity index is 992. The van der Waals surface area contributed by atoms with Crippen molar-refractivity contribution in [1.29, 1.82) is 0 Å². The molecule has 0 bridgehead atoms. The third-order valence-electron chi connectivity index (χ3n) is 6.61. The first-order valence-corrected chi connectivity index (χ1v) is 14.4. The Labute approximate surface area is 213 Å². The molecule has 0 saturated carbocycles. The van der Waals surface area contributed by atoms with Crippen LogP contribution in [0.25, 0.3) is 6.08 Å². The van der Waals surface area contributed by atoms with E-state index in [-0.39, 0.29) is 12.6 Å². The van der Waals surface area contributed by atoms with Crippen molar-refractivity contribution in [3.05, 3.63) is 57.6 Å². The number of benzene rings is 2. The highest BCUT2D eigenvalue weighted by atomic mass is 79.9. The number of rotatable bonds is 6. The van der Waals surface area contributed by atoms with Gasteiger partial charge in [0.05, 0.1) is 12.6 Å². The van der Waals surface area contributed by atoms with Crippen LogP contribution in [0.3, 0.4) is 0 Å². The lowest BCUT2D eigenvalue weighted by molar-refractivity contribution is 0.0937. The summed E-state index contributed by atoms with van der Waals surface area (Å²) >= 11 is 3.70. The van der Waals surface area contributed by atoms with Gasteiger partial charge in [0.25, 0.3) is 0 Å². The molecule has 2 N–H and O–H groups in total. The predicted molar refractivity (Wildman–Crippen MR) is 146 cm³/mol. The third kappa shape index (κ3) is 5.85. The molecule has 7 heteroatoms. The van der Waals surface area contributed by atoms with Crippen molar-refractivity contribution in [1.82, 2.24) is 10.2 Å². The molecule has 0 aliphatic carbocycles. The second kappa shape index (κ2) is 12.5. The number of fused-ring (bicyclic) bond motifs is 2. The SMILES string of the molecule is CC.OCC(c1ccc(Br)c2c1PCC=C2)N1CCC(NCc2ccc3c(c2)OCCO3)CC1. The summed E-state index contributed by atoms with van der Waals surface area (Å²) in [5.41, 5.74) is 3.82. The van der Waals surface area contributed by atoms with Crippen molar-refractivity contribution in [2.45, 2.75) is 45.3 Å². The first-order valence-electron chi connectivity index (χ1n) is 12.4. The molecule has 1 saturated heterocycles. The summed E-state index contributed by atoms with van der Waals surface area (Å²) in [6.45, 7) is 8.22. The molecule has 3 aliphatic rings. The fourth-order valence-corrected chi connectivity index (χ4v) is 6.82. The van der Waals surface area contributed by atoms with E-state index < -0.39 is 0 Å². The summed E-state index contributed by atoms with van der Waals surface area (Å²) in [5, 5.41) is 15.4. The lowest BCUT2D eigenvalue weighted by Crippen LogP contribution is -2.45. The molecular weight excluding hydrogens is 511 g/mol. The molecule has 2 atom stereocenters. The number of aliphatic hydroxyl groups excluding tert-OH is 1. The van der Waals surface area contributed by atoms with Crippen LogP contribution in [0.2, 0.25) is 0 Å². The zero-order valence-electron chi connectivity index (χ0n) is 20.1. The minimum atomic E-state index is 0.0783. The van der Waals surface area contributed by atoms with Crippen LogP contribution in [0.15, 0.2) is 40.9 Å². The van der Waals surface area contributed by atoms with Gasteiger partial charge in [0, 0.05) is 30.1 Å². The van der Waals surface area contributed by atoms with Crippen molar-refractivity contribution in [3.8, 4) is 11.5 Å². The topological polar surface area (TPSA) is 54.0 Å². The summed E-state index contributed by atoms with van der Waals surface area (Å²) in [7, 11) is 0.773. The molecule has 0 spiro atoms. The van der Waals surface area contributed by atoms with Crippen molar-refractivity contribution >= 4 is 35.9 Å². The van der Waals surface area contributed by atoms with Crippen LogP contribution in [-0.4, -0.2) is 55.1 Å². The van der Waals surface area contributed by atoms with Crippen LogP contribution in [0, 0.1) is 0 Å². The lowest BCUT2D eigenvalue weighted by Gasteiger charge is -2.38. The summed E-state index contributed by atoms with van der Waals surface area (Å²) in [6, 6.07) is 11.1. The van der Waals surface area contributed by atoms with Gasteiger partial charge in [-0.05, 0) is 59.2 Å². The smallest absolute Gasteiger partial charge is 0.161 e. The van der Waals surface area contributed by atoms with Crippen LogP contribution >= 0.6 is 24.5 Å². The Hall–Kier alpha value is -1.43. The van der Waals surface area contributed by atoms with Crippen molar-refractivity contribution in [2.24, 2.45) is 0 Å². The number of hydrogen-bond donors (Lipinski definition) is 2. The van der Waals surface area contributed by atoms with Crippen LogP contribution in [0.4, 0.5) is 0 Å². The number of allylic oxidation sites excluding steroid dienone is 1. The molecule has 2 aromatic carbocycles. The predicted octanol–water partition coefficient (Wildman–Crippen LogP) is 4.86. The van der Waals surface area contributed by atoms with Crippen molar-refractivity contribution in [3.63, 3.8) is 0 Å². The van der Waals surface area contributed by atoms with E-state index in [1.54, 1.807) is 0 Å². The maximum Gasteiger partial charge on any atom is 0.161 e. The zero-order chi connectivity index (χ0) is 23.9. The average molecular weight is 547 g/mol. The van der Waals surface area contributed by atoms with E-state index in [1.165, 1.54) is 22.0 Å². The van der Waals surface area contributed by atoms with Gasteiger partial charge < -0.3 is 19.9 Å². The molecule has 184 valence electrons. The quantitative estimate of drug-likeness (QED) is 0.506. The van der Waals surface area contributed by atoms with Gasteiger partial charge in [0.2, 0.25) is 0 Å². The first kappa shape index (κ1) is 25.7. The van der Waals surface area contributed by atoms with Crippen LogP contribution in [0.1, 0.15) is 49.4 Å². The van der Waals surface area contributed by atoms with Gasteiger partial charge in [-0.3, -0.25) is 4.90 Å². The molecule has 3 aliphatic heterocycles. The second-order valence-corrected chi connectivity index (χ2v) is 10.7. The summed E-state index contributed by atoms with van der Waals surface area (Å²) in [5.74, 6) is 1.69.